The highest BCUT2D eigenvalue weighted by atomic mass is 32.2. The number of carbonyl (C=O) groups is 1. The molecule has 8 nitrogen and oxygen atoms in total. The topological polar surface area (TPSA) is 103 Å². The van der Waals surface area contributed by atoms with Gasteiger partial charge in [0.1, 0.15) is 0 Å². The second-order valence-electron chi connectivity index (χ2n) is 7.05. The first kappa shape index (κ1) is 20.0. The number of nitrogens with one attached hydrogen (secondary N) is 1. The molecule has 4 rings (SSSR count). The monoisotopic (exact) mass is 430 g/mol. The Morgan fingerprint density at radius 3 is 2.79 bits per heavy atom. The van der Waals surface area contributed by atoms with Gasteiger partial charge in [-0.2, -0.15) is 0 Å². The molecule has 1 fully saturated rings. The maximum atomic E-state index is 13.0. The summed E-state index contributed by atoms with van der Waals surface area (Å²) >= 11 is 2.60. The van der Waals surface area contributed by atoms with E-state index in [-0.39, 0.29) is 22.7 Å². The van der Waals surface area contributed by atoms with E-state index in [4.69, 9.17) is 0 Å². The number of carbonyl (C=O) groups excluding carboxylic acids is 1. The molecule has 1 amide bonds. The molecule has 0 atom stereocenters. The van der Waals surface area contributed by atoms with Crippen LogP contribution in [0.15, 0.2) is 33.9 Å². The Kier molecular flexibility index (Phi) is 6.50. The number of hydrogen-bond acceptors (Lipinski definition) is 8. The molecule has 0 unspecified atom stereocenters. The van der Waals surface area contributed by atoms with Gasteiger partial charge in [0.25, 0.3) is 5.56 Å². The number of thioether (sulfide) groups is 1. The van der Waals surface area contributed by atoms with Gasteiger partial charge in [-0.05, 0) is 12.3 Å². The first-order valence-corrected chi connectivity index (χ1v) is 11.6. The van der Waals surface area contributed by atoms with E-state index < -0.39 is 0 Å². The lowest BCUT2D eigenvalue weighted by Crippen LogP contribution is -2.26. The Bertz CT molecular complexity index is 1030. The van der Waals surface area contributed by atoms with Crippen molar-refractivity contribution in [2.75, 3.05) is 11.1 Å². The second kappa shape index (κ2) is 9.45. The van der Waals surface area contributed by atoms with Crippen LogP contribution in [-0.4, -0.2) is 36.2 Å². The maximum absolute atomic E-state index is 13.0. The van der Waals surface area contributed by atoms with Crippen LogP contribution in [0.3, 0.4) is 0 Å². The highest BCUT2D eigenvalue weighted by Crippen LogP contribution is 2.27. The minimum Gasteiger partial charge on any atom is -0.301 e. The summed E-state index contributed by atoms with van der Waals surface area (Å²) < 4.78 is 1.66. The molecule has 1 N–H and O–H groups in total. The average molecular weight is 431 g/mol. The smallest absolute Gasteiger partial charge is 0.282 e. The Morgan fingerprint density at radius 1 is 1.17 bits per heavy atom. The molecule has 10 heteroatoms. The van der Waals surface area contributed by atoms with Crippen LogP contribution in [0.4, 0.5) is 5.13 Å². The molecule has 0 saturated heterocycles. The lowest BCUT2D eigenvalue weighted by Gasteiger charge is -2.22. The molecular formula is C19H22N6O2S2. The molecule has 3 aromatic rings. The molecule has 0 bridgehead atoms. The molecule has 3 heterocycles. The second-order valence-corrected chi connectivity index (χ2v) is 8.88. The van der Waals surface area contributed by atoms with Crippen LogP contribution in [-0.2, 0) is 11.3 Å². The van der Waals surface area contributed by atoms with Crippen molar-refractivity contribution in [2.45, 2.75) is 50.2 Å². The van der Waals surface area contributed by atoms with E-state index in [1.807, 2.05) is 0 Å². The van der Waals surface area contributed by atoms with Crippen LogP contribution >= 0.6 is 23.1 Å². The van der Waals surface area contributed by atoms with Gasteiger partial charge in [-0.3, -0.25) is 14.2 Å². The maximum Gasteiger partial charge on any atom is 0.282 e. The number of anilines is 1. The summed E-state index contributed by atoms with van der Waals surface area (Å²) in [6, 6.07) is 0. The zero-order chi connectivity index (χ0) is 20.1. The molecule has 3 aromatic heterocycles. The zero-order valence-electron chi connectivity index (χ0n) is 15.9. The van der Waals surface area contributed by atoms with Crippen molar-refractivity contribution in [2.24, 2.45) is 5.92 Å². The fraction of sp³-hybridized carbons (Fsp3) is 0.474. The number of rotatable bonds is 7. The number of thiazole rings is 1. The van der Waals surface area contributed by atoms with Crippen molar-refractivity contribution in [1.82, 2.24) is 24.5 Å². The van der Waals surface area contributed by atoms with E-state index in [0.29, 0.717) is 28.4 Å². The van der Waals surface area contributed by atoms with Crippen LogP contribution < -0.4 is 10.9 Å². The highest BCUT2D eigenvalue weighted by Gasteiger charge is 2.18. The molecule has 0 aromatic carbocycles. The fourth-order valence-corrected chi connectivity index (χ4v) is 4.95. The van der Waals surface area contributed by atoms with E-state index in [1.54, 1.807) is 16.1 Å². The summed E-state index contributed by atoms with van der Waals surface area (Å²) in [5.41, 5.74) is 0.392. The fourth-order valence-electron chi connectivity index (χ4n) is 3.59. The van der Waals surface area contributed by atoms with Crippen LogP contribution in [0.1, 0.15) is 38.5 Å². The van der Waals surface area contributed by atoms with Gasteiger partial charge < -0.3 is 5.32 Å². The predicted molar refractivity (Wildman–Crippen MR) is 114 cm³/mol. The summed E-state index contributed by atoms with van der Waals surface area (Å²) in [4.78, 5) is 42.2. The summed E-state index contributed by atoms with van der Waals surface area (Å²) in [5.74, 6) is 0.595. The Hall–Kier alpha value is -2.33. The van der Waals surface area contributed by atoms with E-state index in [9.17, 15) is 9.59 Å². The third kappa shape index (κ3) is 4.99. The van der Waals surface area contributed by atoms with Crippen LogP contribution in [0.2, 0.25) is 0 Å². The number of fused-ring (bicyclic) bond motifs is 1. The molecule has 0 spiro atoms. The summed E-state index contributed by atoms with van der Waals surface area (Å²) in [5, 5.41) is 5.62. The van der Waals surface area contributed by atoms with Crippen molar-refractivity contribution >= 4 is 45.3 Å². The number of aromatic nitrogens is 5. The molecule has 29 heavy (non-hydrogen) atoms. The third-order valence-corrected chi connectivity index (χ3v) is 6.72. The molecular weight excluding hydrogens is 408 g/mol. The third-order valence-electron chi connectivity index (χ3n) is 5.06. The molecule has 1 aliphatic carbocycles. The Labute approximate surface area is 176 Å². The SMILES string of the molecule is O=C(CSc1nc2nccnc2c(=O)n1CCC1CCCCC1)Nc1nccs1. The normalized spacial score (nSPS) is 14.9. The van der Waals surface area contributed by atoms with Gasteiger partial charge in [0.2, 0.25) is 5.91 Å². The lowest BCUT2D eigenvalue weighted by atomic mass is 9.87. The Balaban J connectivity index is 1.53. The van der Waals surface area contributed by atoms with Gasteiger partial charge in [0.05, 0.1) is 5.75 Å². The van der Waals surface area contributed by atoms with Gasteiger partial charge in [0, 0.05) is 30.5 Å². The van der Waals surface area contributed by atoms with Crippen molar-refractivity contribution in [3.8, 4) is 0 Å². The van der Waals surface area contributed by atoms with Crippen molar-refractivity contribution in [3.63, 3.8) is 0 Å². The quantitative estimate of drug-likeness (QED) is 0.453. The zero-order valence-corrected chi connectivity index (χ0v) is 17.5. The first-order valence-electron chi connectivity index (χ1n) is 9.74. The van der Waals surface area contributed by atoms with E-state index in [0.717, 1.165) is 6.42 Å². The lowest BCUT2D eigenvalue weighted by molar-refractivity contribution is -0.113. The summed E-state index contributed by atoms with van der Waals surface area (Å²) in [6.45, 7) is 0.583. The van der Waals surface area contributed by atoms with Gasteiger partial charge in [0.15, 0.2) is 21.5 Å². The van der Waals surface area contributed by atoms with Gasteiger partial charge in [-0.15, -0.1) is 11.3 Å². The van der Waals surface area contributed by atoms with Crippen molar-refractivity contribution in [1.29, 1.82) is 0 Å². The van der Waals surface area contributed by atoms with Crippen LogP contribution in [0.25, 0.3) is 11.2 Å². The highest BCUT2D eigenvalue weighted by molar-refractivity contribution is 7.99. The number of hydrogen-bond donors (Lipinski definition) is 1. The predicted octanol–water partition coefficient (Wildman–Crippen LogP) is 3.34. The molecule has 0 aliphatic heterocycles. The van der Waals surface area contributed by atoms with E-state index in [1.165, 1.54) is 67.6 Å². The number of nitrogens with zero attached hydrogens (tertiary/aromatic N) is 5. The summed E-state index contributed by atoms with van der Waals surface area (Å²) in [7, 11) is 0. The molecule has 0 radical (unpaired) electrons. The Morgan fingerprint density at radius 2 is 2.00 bits per heavy atom. The molecule has 152 valence electrons. The van der Waals surface area contributed by atoms with E-state index >= 15 is 0 Å². The van der Waals surface area contributed by atoms with Crippen molar-refractivity contribution in [3.05, 3.63) is 34.3 Å². The van der Waals surface area contributed by atoms with Crippen LogP contribution in [0.5, 0.6) is 0 Å². The van der Waals surface area contributed by atoms with Gasteiger partial charge >= 0.3 is 0 Å². The minimum atomic E-state index is -0.193. The van der Waals surface area contributed by atoms with Crippen molar-refractivity contribution < 1.29 is 4.79 Å². The number of amides is 1. The van der Waals surface area contributed by atoms with Gasteiger partial charge in [-0.25, -0.2) is 19.9 Å². The summed E-state index contributed by atoms with van der Waals surface area (Å²) in [6.07, 6.45) is 11.9. The van der Waals surface area contributed by atoms with Crippen LogP contribution in [0, 0.1) is 5.92 Å². The van der Waals surface area contributed by atoms with E-state index in [2.05, 4.69) is 25.3 Å². The van der Waals surface area contributed by atoms with Gasteiger partial charge in [-0.1, -0.05) is 43.9 Å². The standard InChI is InChI=1S/C19H22N6O2S2/c26-14(23-18-22-9-11-28-18)12-29-19-24-16-15(20-7-8-21-16)17(27)25(19)10-6-13-4-2-1-3-5-13/h7-9,11,13H,1-6,10,12H2,(H,22,23,26). The minimum absolute atomic E-state index is 0.140. The first-order chi connectivity index (χ1) is 14.2. The average Bonchev–Trinajstić information content (AvgIpc) is 3.25. The molecule has 1 saturated carbocycles. The largest absolute Gasteiger partial charge is 0.301 e. The molecule has 1 aliphatic rings.